The van der Waals surface area contributed by atoms with Gasteiger partial charge in [0.05, 0.1) is 12.6 Å². The van der Waals surface area contributed by atoms with Crippen molar-refractivity contribution in [3.05, 3.63) is 65.9 Å². The minimum atomic E-state index is -1.41. The molecule has 1 aromatic heterocycles. The van der Waals surface area contributed by atoms with Crippen LogP contribution in [0.3, 0.4) is 0 Å². The lowest BCUT2D eigenvalue weighted by Gasteiger charge is -2.32. The number of likely N-dealkylation sites (tertiary alicyclic amines) is 1. The molecular weight excluding hydrogens is 1020 g/mol. The Morgan fingerprint density at radius 3 is 2.03 bits per heavy atom. The van der Waals surface area contributed by atoms with Gasteiger partial charge in [-0.1, -0.05) is 58.0 Å². The lowest BCUT2D eigenvalue weighted by molar-refractivity contribution is -0.143. The van der Waals surface area contributed by atoms with Crippen molar-refractivity contribution in [3.8, 4) is 5.75 Å². The van der Waals surface area contributed by atoms with Gasteiger partial charge in [0.2, 0.25) is 47.3 Å². The SMILES string of the molecule is CC(C)C[C@H](NC(=O)[C@@H](N)CS)C(=O)N[C@H](C(=O)N1CCC[C@H]1C(=O)N[C@@H](Cc1c[nH]c2ccccc12)C(=O)NCC(=O)N[C@@H](CCCN=C(N)N)C(=O)N[C@@H](Cc1ccc(O)cc1)C(=O)N[C@@H](CS)C(=O)O)C(C)C. The Morgan fingerprint density at radius 1 is 0.763 bits per heavy atom. The van der Waals surface area contributed by atoms with Crippen molar-refractivity contribution in [2.45, 2.75) is 121 Å². The second-order valence-electron chi connectivity index (χ2n) is 19.3. The Kier molecular flexibility index (Phi) is 24.2. The number of benzene rings is 2. The first kappa shape index (κ1) is 61.5. The van der Waals surface area contributed by atoms with Crippen LogP contribution >= 0.6 is 25.3 Å². The number of carboxylic acid groups (broad SMARTS) is 1. The van der Waals surface area contributed by atoms with Gasteiger partial charge in [0.1, 0.15) is 48.0 Å². The van der Waals surface area contributed by atoms with Gasteiger partial charge in [-0.3, -0.25) is 43.3 Å². The van der Waals surface area contributed by atoms with Crippen LogP contribution in [-0.4, -0.2) is 159 Å². The number of aliphatic carboxylic acids is 1. The molecule has 0 radical (unpaired) electrons. The zero-order valence-electron chi connectivity index (χ0n) is 43.0. The predicted octanol–water partition coefficient (Wildman–Crippen LogP) is -1.30. The molecule has 0 aliphatic carbocycles. The van der Waals surface area contributed by atoms with Gasteiger partial charge in [0, 0.05) is 54.5 Å². The van der Waals surface area contributed by atoms with Crippen molar-refractivity contribution in [2.75, 3.05) is 31.1 Å². The lowest BCUT2D eigenvalue weighted by atomic mass is 9.99. The number of para-hydroxylation sites is 1. The maximum absolute atomic E-state index is 14.4. The maximum atomic E-state index is 14.4. The fourth-order valence-corrected chi connectivity index (χ4v) is 8.84. The number of guanidine groups is 1. The van der Waals surface area contributed by atoms with Crippen molar-refractivity contribution in [3.63, 3.8) is 0 Å². The number of carboxylic acids is 1. The zero-order chi connectivity index (χ0) is 56.2. The number of H-pyrrole nitrogens is 1. The molecule has 0 bridgehead atoms. The molecule has 2 heterocycles. The summed E-state index contributed by atoms with van der Waals surface area (Å²) in [6, 6.07) is 3.45. The Labute approximate surface area is 451 Å². The van der Waals surface area contributed by atoms with Gasteiger partial charge < -0.3 is 74.5 Å². The van der Waals surface area contributed by atoms with E-state index in [2.05, 4.69) is 72.5 Å². The van der Waals surface area contributed by atoms with Gasteiger partial charge in [0.25, 0.3) is 0 Å². The van der Waals surface area contributed by atoms with Gasteiger partial charge >= 0.3 is 5.97 Å². The summed E-state index contributed by atoms with van der Waals surface area (Å²) in [6.45, 7) is 6.74. The van der Waals surface area contributed by atoms with Gasteiger partial charge in [-0.15, -0.1) is 0 Å². The van der Waals surface area contributed by atoms with Gasteiger partial charge in [0.15, 0.2) is 5.96 Å². The van der Waals surface area contributed by atoms with Crippen LogP contribution in [-0.2, 0) is 56.0 Å². The van der Waals surface area contributed by atoms with Crippen LogP contribution in [0.1, 0.15) is 70.9 Å². The number of phenols is 1. The van der Waals surface area contributed by atoms with E-state index in [1.165, 1.54) is 29.2 Å². The van der Waals surface area contributed by atoms with Crippen molar-refractivity contribution in [1.29, 1.82) is 0 Å². The summed E-state index contributed by atoms with van der Waals surface area (Å²) in [5, 5.41) is 38.5. The molecule has 1 aliphatic heterocycles. The number of hydrogen-bond acceptors (Lipinski definition) is 14. The van der Waals surface area contributed by atoms with Crippen LogP contribution in [0.4, 0.5) is 0 Å². The van der Waals surface area contributed by atoms with E-state index in [0.29, 0.717) is 17.5 Å². The molecule has 416 valence electrons. The minimum Gasteiger partial charge on any atom is -0.508 e. The third-order valence-electron chi connectivity index (χ3n) is 12.5. The Morgan fingerprint density at radius 2 is 1.39 bits per heavy atom. The summed E-state index contributed by atoms with van der Waals surface area (Å²) in [6.07, 6.45) is 2.47. The monoisotopic (exact) mass is 1100 g/mol. The number of nitrogens with one attached hydrogen (secondary N) is 8. The number of phenolic OH excluding ortho intramolecular Hbond substituents is 1. The number of fused-ring (bicyclic) bond motifs is 1. The Hall–Kier alpha value is -7.06. The third kappa shape index (κ3) is 18.6. The molecule has 8 atom stereocenters. The van der Waals surface area contributed by atoms with Gasteiger partial charge in [-0.05, 0) is 73.3 Å². The van der Waals surface area contributed by atoms with Crippen molar-refractivity contribution in [1.82, 2.24) is 47.1 Å². The van der Waals surface area contributed by atoms with E-state index in [4.69, 9.17) is 17.2 Å². The highest BCUT2D eigenvalue weighted by atomic mass is 32.1. The molecule has 3 aromatic rings. The molecule has 0 unspecified atom stereocenters. The van der Waals surface area contributed by atoms with Crippen LogP contribution in [0.2, 0.25) is 0 Å². The second-order valence-corrected chi connectivity index (χ2v) is 20.1. The molecule has 4 rings (SSSR count). The minimum absolute atomic E-state index is 0.0208. The first-order valence-electron chi connectivity index (χ1n) is 25.0. The van der Waals surface area contributed by atoms with E-state index >= 15 is 0 Å². The highest BCUT2D eigenvalue weighted by molar-refractivity contribution is 7.80. The van der Waals surface area contributed by atoms with E-state index in [1.54, 1.807) is 26.1 Å². The number of nitrogens with zero attached hydrogens (tertiary/aromatic N) is 2. The van der Waals surface area contributed by atoms with Crippen molar-refractivity contribution < 1.29 is 53.4 Å². The van der Waals surface area contributed by atoms with Crippen LogP contribution in [0.5, 0.6) is 5.75 Å². The average molecular weight is 1100 g/mol. The predicted molar refractivity (Wildman–Crippen MR) is 291 cm³/mol. The molecule has 0 saturated carbocycles. The zero-order valence-corrected chi connectivity index (χ0v) is 44.8. The fourth-order valence-electron chi connectivity index (χ4n) is 8.43. The fraction of sp³-hybridized carbons (Fsp3) is 0.520. The summed E-state index contributed by atoms with van der Waals surface area (Å²) in [7, 11) is 0. The third-order valence-corrected chi connectivity index (χ3v) is 13.3. The molecule has 1 aliphatic rings. The van der Waals surface area contributed by atoms with Gasteiger partial charge in [-0.2, -0.15) is 25.3 Å². The topological polar surface area (TPSA) is 388 Å². The molecule has 2 aromatic carbocycles. The number of aromatic hydroxyl groups is 1. The highest BCUT2D eigenvalue weighted by Crippen LogP contribution is 2.23. The highest BCUT2D eigenvalue weighted by Gasteiger charge is 2.41. The van der Waals surface area contributed by atoms with Crippen LogP contribution in [0.25, 0.3) is 10.9 Å². The quantitative estimate of drug-likeness (QED) is 0.0166. The van der Waals surface area contributed by atoms with Gasteiger partial charge in [-0.25, -0.2) is 4.79 Å². The number of carbonyl (C=O) groups is 9. The first-order valence-corrected chi connectivity index (χ1v) is 26.3. The van der Waals surface area contributed by atoms with Crippen LogP contribution < -0.4 is 54.4 Å². The largest absolute Gasteiger partial charge is 0.508 e. The number of hydrogen-bond donors (Lipinski definition) is 15. The molecule has 76 heavy (non-hydrogen) atoms. The van der Waals surface area contributed by atoms with E-state index < -0.39 is 114 Å². The smallest absolute Gasteiger partial charge is 0.327 e. The number of rotatable bonds is 29. The molecule has 26 heteroatoms. The number of thiol groups is 2. The number of amides is 8. The molecule has 1 fully saturated rings. The number of aliphatic imine (C=N–C) groups is 1. The lowest BCUT2D eigenvalue weighted by Crippen LogP contribution is -2.60. The summed E-state index contributed by atoms with van der Waals surface area (Å²) in [4.78, 5) is 131. The van der Waals surface area contributed by atoms with Crippen LogP contribution in [0.15, 0.2) is 59.7 Å². The Balaban J connectivity index is 1.55. The summed E-state index contributed by atoms with van der Waals surface area (Å²) in [5.74, 6) is -8.07. The van der Waals surface area contributed by atoms with E-state index in [-0.39, 0.29) is 80.7 Å². The first-order chi connectivity index (χ1) is 36.0. The number of aromatic nitrogens is 1. The van der Waals surface area contributed by atoms with E-state index in [1.807, 2.05) is 32.0 Å². The number of nitrogens with two attached hydrogens (primary N) is 3. The standard InChI is InChI=1S/C50H73N13O11S2/c1-26(2)19-35(58-42(66)32(51)24-75)46(70)62-41(27(3)4)48(72)63-18-8-12-39(63)47(71)60-37(21-29-22-55-33-10-6-5-9-31(29)33)43(67)56-23-40(65)57-34(11-7-17-54-50(52)53)44(68)59-36(20-28-13-15-30(64)16-14-28)45(69)61-38(25-76)49(73)74/h5-6,9-10,13-16,22,26-27,32,34-39,41,55,64,75-76H,7-8,11-12,17-21,23-25,51H2,1-4H3,(H,56,67)(H,57,65)(H,58,66)(H,59,68)(H,60,71)(H,61,69)(H,62,70)(H,73,74)(H4,52,53,54)/t32-,34-,35-,36-,37-,38-,39-,41-/m0/s1. The maximum Gasteiger partial charge on any atom is 0.327 e. The summed E-state index contributed by atoms with van der Waals surface area (Å²) >= 11 is 8.09. The van der Waals surface area contributed by atoms with E-state index in [9.17, 15) is 53.4 Å². The second kappa shape index (κ2) is 29.9. The molecule has 16 N–H and O–H groups in total. The normalized spacial score (nSPS) is 16.0. The van der Waals surface area contributed by atoms with Crippen molar-refractivity contribution in [2.24, 2.45) is 34.0 Å². The molecule has 1 saturated heterocycles. The summed E-state index contributed by atoms with van der Waals surface area (Å²) < 4.78 is 0. The van der Waals surface area contributed by atoms with Crippen LogP contribution in [0, 0.1) is 11.8 Å². The average Bonchev–Trinajstić information content (AvgIpc) is 4.04. The Bertz CT molecular complexity index is 2540. The molecule has 8 amide bonds. The molecular formula is C50H73N13O11S2. The van der Waals surface area contributed by atoms with E-state index in [0.717, 1.165) is 10.9 Å². The number of aromatic amines is 1. The molecule has 24 nitrogen and oxygen atoms in total. The van der Waals surface area contributed by atoms with Crippen molar-refractivity contribution >= 4 is 95.3 Å². The molecule has 0 spiro atoms. The number of carbonyl (C=O) groups excluding carboxylic acids is 8. The summed E-state index contributed by atoms with van der Waals surface area (Å²) in [5.41, 5.74) is 18.7.